The predicted octanol–water partition coefficient (Wildman–Crippen LogP) is 2.19. The summed E-state index contributed by atoms with van der Waals surface area (Å²) in [5, 5.41) is 0. The van der Waals surface area contributed by atoms with E-state index in [4.69, 9.17) is 19.9 Å². The van der Waals surface area contributed by atoms with Crippen LogP contribution in [-0.4, -0.2) is 52.0 Å². The molecule has 5 nitrogen and oxygen atoms in total. The van der Waals surface area contributed by atoms with E-state index in [0.717, 1.165) is 41.1 Å². The number of hydrogen-bond acceptors (Lipinski definition) is 5. The summed E-state index contributed by atoms with van der Waals surface area (Å²) >= 11 is 3.56. The van der Waals surface area contributed by atoms with Gasteiger partial charge in [-0.1, -0.05) is 0 Å². The Balaban J connectivity index is 2.16. The quantitative estimate of drug-likeness (QED) is 0.757. The fraction of sp³-hybridized carbons (Fsp3) is 0.600. The number of nitrogens with two attached hydrogens (primary N) is 1. The summed E-state index contributed by atoms with van der Waals surface area (Å²) < 4.78 is 17.3. The van der Waals surface area contributed by atoms with Gasteiger partial charge in [-0.25, -0.2) is 0 Å². The zero-order chi connectivity index (χ0) is 15.2. The predicted molar refractivity (Wildman–Crippen MR) is 86.1 cm³/mol. The molecular weight excluding hydrogens is 336 g/mol. The van der Waals surface area contributed by atoms with E-state index in [9.17, 15) is 0 Å². The van der Waals surface area contributed by atoms with Gasteiger partial charge in [-0.05, 0) is 47.1 Å². The van der Waals surface area contributed by atoms with Gasteiger partial charge in [-0.2, -0.15) is 0 Å². The minimum atomic E-state index is 0.147. The molecule has 1 aliphatic rings. The van der Waals surface area contributed by atoms with E-state index in [1.807, 2.05) is 6.07 Å². The van der Waals surface area contributed by atoms with Crippen LogP contribution in [0.3, 0.4) is 0 Å². The van der Waals surface area contributed by atoms with Crippen molar-refractivity contribution in [3.8, 4) is 11.5 Å². The van der Waals surface area contributed by atoms with Crippen LogP contribution in [0.2, 0.25) is 0 Å². The van der Waals surface area contributed by atoms with Crippen molar-refractivity contribution >= 4 is 15.9 Å². The molecule has 0 bridgehead atoms. The fourth-order valence-electron chi connectivity index (χ4n) is 2.51. The van der Waals surface area contributed by atoms with Gasteiger partial charge in [0, 0.05) is 32.8 Å². The first kappa shape index (κ1) is 16.5. The third-order valence-corrected chi connectivity index (χ3v) is 4.21. The van der Waals surface area contributed by atoms with Gasteiger partial charge in [0.05, 0.1) is 4.47 Å². The molecule has 2 rings (SSSR count). The second-order valence-corrected chi connectivity index (χ2v) is 5.96. The van der Waals surface area contributed by atoms with Gasteiger partial charge >= 0.3 is 0 Å². The number of benzene rings is 1. The molecule has 0 fully saturated rings. The Morgan fingerprint density at radius 3 is 2.86 bits per heavy atom. The van der Waals surface area contributed by atoms with Gasteiger partial charge in [0.15, 0.2) is 11.5 Å². The minimum Gasteiger partial charge on any atom is -0.486 e. The van der Waals surface area contributed by atoms with Crippen molar-refractivity contribution in [3.63, 3.8) is 0 Å². The SMILES string of the molecule is COCCCN(C)C(CN)c1cc(Br)c2c(c1)OCCO2. The number of fused-ring (bicyclic) bond motifs is 1. The molecule has 21 heavy (non-hydrogen) atoms. The van der Waals surface area contributed by atoms with E-state index < -0.39 is 0 Å². The van der Waals surface area contributed by atoms with Gasteiger partial charge < -0.3 is 19.9 Å². The highest BCUT2D eigenvalue weighted by molar-refractivity contribution is 9.10. The van der Waals surface area contributed by atoms with Crippen LogP contribution >= 0.6 is 15.9 Å². The fourth-order valence-corrected chi connectivity index (χ4v) is 3.08. The number of likely N-dealkylation sites (N-methyl/N-ethyl adjacent to an activating group) is 1. The number of methoxy groups -OCH3 is 1. The van der Waals surface area contributed by atoms with Crippen LogP contribution in [0.4, 0.5) is 0 Å². The first-order valence-electron chi connectivity index (χ1n) is 7.15. The van der Waals surface area contributed by atoms with Crippen molar-refractivity contribution in [2.24, 2.45) is 5.73 Å². The van der Waals surface area contributed by atoms with Gasteiger partial charge in [0.2, 0.25) is 0 Å². The third kappa shape index (κ3) is 4.10. The molecule has 0 aromatic heterocycles. The smallest absolute Gasteiger partial charge is 0.175 e. The number of rotatable bonds is 7. The summed E-state index contributed by atoms with van der Waals surface area (Å²) in [5.74, 6) is 1.57. The van der Waals surface area contributed by atoms with Crippen LogP contribution < -0.4 is 15.2 Å². The summed E-state index contributed by atoms with van der Waals surface area (Å²) in [5.41, 5.74) is 7.11. The molecule has 1 atom stereocenters. The van der Waals surface area contributed by atoms with Crippen LogP contribution in [0, 0.1) is 0 Å². The summed E-state index contributed by atoms with van der Waals surface area (Å²) in [4.78, 5) is 2.25. The average Bonchev–Trinajstić information content (AvgIpc) is 2.48. The van der Waals surface area contributed by atoms with Crippen LogP contribution in [0.5, 0.6) is 11.5 Å². The highest BCUT2D eigenvalue weighted by Crippen LogP contribution is 2.40. The Kier molecular flexibility index (Phi) is 6.29. The summed E-state index contributed by atoms with van der Waals surface area (Å²) in [6.45, 7) is 3.41. The molecule has 2 N–H and O–H groups in total. The summed E-state index contributed by atoms with van der Waals surface area (Å²) in [7, 11) is 3.80. The van der Waals surface area contributed by atoms with Crippen molar-refractivity contribution in [2.75, 3.05) is 47.1 Å². The highest BCUT2D eigenvalue weighted by atomic mass is 79.9. The van der Waals surface area contributed by atoms with E-state index in [0.29, 0.717) is 19.8 Å². The number of ether oxygens (including phenoxy) is 3. The Hall–Kier alpha value is -0.820. The van der Waals surface area contributed by atoms with Crippen LogP contribution in [-0.2, 0) is 4.74 Å². The first-order chi connectivity index (χ1) is 10.2. The minimum absolute atomic E-state index is 0.147. The lowest BCUT2D eigenvalue weighted by Crippen LogP contribution is -2.32. The lowest BCUT2D eigenvalue weighted by atomic mass is 10.0. The number of halogens is 1. The summed E-state index contributed by atoms with van der Waals surface area (Å²) in [6.07, 6.45) is 0.981. The Labute approximate surface area is 134 Å². The van der Waals surface area contributed by atoms with E-state index >= 15 is 0 Å². The standard InChI is InChI=1S/C15H23BrN2O3/c1-18(4-3-5-19-2)13(10-17)11-8-12(16)15-14(9-11)20-6-7-21-15/h8-9,13H,3-7,10,17H2,1-2H3. The monoisotopic (exact) mass is 358 g/mol. The molecule has 0 aliphatic carbocycles. The molecule has 1 aliphatic heterocycles. The molecule has 6 heteroatoms. The zero-order valence-electron chi connectivity index (χ0n) is 12.6. The summed E-state index contributed by atoms with van der Waals surface area (Å²) in [6, 6.07) is 4.25. The first-order valence-corrected chi connectivity index (χ1v) is 7.95. The molecule has 0 saturated heterocycles. The van der Waals surface area contributed by atoms with Crippen molar-refractivity contribution in [1.29, 1.82) is 0 Å². The van der Waals surface area contributed by atoms with Gasteiger partial charge in [-0.3, -0.25) is 4.90 Å². The lowest BCUT2D eigenvalue weighted by molar-refractivity contribution is 0.163. The number of nitrogens with zero attached hydrogens (tertiary/aromatic N) is 1. The Morgan fingerprint density at radius 2 is 2.14 bits per heavy atom. The maximum atomic E-state index is 5.98. The van der Waals surface area contributed by atoms with Crippen molar-refractivity contribution in [2.45, 2.75) is 12.5 Å². The third-order valence-electron chi connectivity index (χ3n) is 3.62. The molecule has 1 aromatic carbocycles. The normalized spacial score (nSPS) is 15.3. The van der Waals surface area contributed by atoms with Gasteiger partial charge in [0.25, 0.3) is 0 Å². The molecule has 1 aromatic rings. The van der Waals surface area contributed by atoms with E-state index in [-0.39, 0.29) is 6.04 Å². The molecule has 0 amide bonds. The molecule has 1 unspecified atom stereocenters. The maximum Gasteiger partial charge on any atom is 0.175 e. The molecule has 0 saturated carbocycles. The molecule has 118 valence electrons. The highest BCUT2D eigenvalue weighted by Gasteiger charge is 2.21. The van der Waals surface area contributed by atoms with E-state index in [2.05, 4.69) is 33.9 Å². The second kappa shape index (κ2) is 7.98. The van der Waals surface area contributed by atoms with Crippen molar-refractivity contribution in [3.05, 3.63) is 22.2 Å². The van der Waals surface area contributed by atoms with Gasteiger partial charge in [-0.15, -0.1) is 0 Å². The maximum absolute atomic E-state index is 5.98. The molecule has 0 radical (unpaired) electrons. The Bertz CT molecular complexity index is 470. The van der Waals surface area contributed by atoms with Gasteiger partial charge in [0.1, 0.15) is 13.2 Å². The molecule has 1 heterocycles. The molecule has 0 spiro atoms. The second-order valence-electron chi connectivity index (χ2n) is 5.11. The lowest BCUT2D eigenvalue weighted by Gasteiger charge is -2.29. The zero-order valence-corrected chi connectivity index (χ0v) is 14.2. The molecular formula is C15H23BrN2O3. The van der Waals surface area contributed by atoms with Crippen molar-refractivity contribution in [1.82, 2.24) is 4.90 Å². The van der Waals surface area contributed by atoms with Crippen molar-refractivity contribution < 1.29 is 14.2 Å². The Morgan fingerprint density at radius 1 is 1.38 bits per heavy atom. The van der Waals surface area contributed by atoms with Crippen LogP contribution in [0.15, 0.2) is 16.6 Å². The number of hydrogen-bond donors (Lipinski definition) is 1. The van der Waals surface area contributed by atoms with Crippen LogP contribution in [0.1, 0.15) is 18.0 Å². The van der Waals surface area contributed by atoms with E-state index in [1.165, 1.54) is 0 Å². The van der Waals surface area contributed by atoms with E-state index in [1.54, 1.807) is 7.11 Å². The largest absolute Gasteiger partial charge is 0.486 e. The van der Waals surface area contributed by atoms with Crippen LogP contribution in [0.25, 0.3) is 0 Å². The average molecular weight is 359 g/mol. The topological polar surface area (TPSA) is 57.0 Å².